The van der Waals surface area contributed by atoms with E-state index in [2.05, 4.69) is 37.2 Å². The first kappa shape index (κ1) is 27.3. The number of nitrogens with zero attached hydrogens (tertiary/aromatic N) is 1. The first-order valence-electron chi connectivity index (χ1n) is 11.9. The van der Waals surface area contributed by atoms with Gasteiger partial charge in [0, 0.05) is 40.5 Å². The average Bonchev–Trinajstić information content (AvgIpc) is 3.30. The zero-order chi connectivity index (χ0) is 26.3. The van der Waals surface area contributed by atoms with Gasteiger partial charge < -0.3 is 19.9 Å². The molecular formula is C28H27Br2FN2O4. The number of alkyl halides is 1. The number of carbonyl (C=O) groups excluding carboxylic acids is 1. The van der Waals surface area contributed by atoms with E-state index in [1.165, 1.54) is 0 Å². The van der Waals surface area contributed by atoms with Gasteiger partial charge >= 0.3 is 0 Å². The van der Waals surface area contributed by atoms with E-state index < -0.39 is 24.2 Å². The van der Waals surface area contributed by atoms with Gasteiger partial charge in [-0.15, -0.1) is 0 Å². The monoisotopic (exact) mass is 632 g/mol. The van der Waals surface area contributed by atoms with E-state index in [9.17, 15) is 9.18 Å². The Hall–Kier alpha value is -2.75. The maximum absolute atomic E-state index is 13.7. The molecule has 0 fully saturated rings. The minimum Gasteiger partial charge on any atom is -0.494 e. The number of amides is 1. The molecule has 6 nitrogen and oxygen atoms in total. The lowest BCUT2D eigenvalue weighted by molar-refractivity contribution is -0.129. The van der Waals surface area contributed by atoms with Gasteiger partial charge in [0.25, 0.3) is 5.91 Å². The van der Waals surface area contributed by atoms with Gasteiger partial charge in [-0.25, -0.2) is 9.38 Å². The minimum atomic E-state index is -1.36. The van der Waals surface area contributed by atoms with Crippen molar-refractivity contribution in [3.8, 4) is 5.75 Å². The number of hydrogen-bond acceptors (Lipinski definition) is 5. The van der Waals surface area contributed by atoms with E-state index in [0.29, 0.717) is 30.2 Å². The summed E-state index contributed by atoms with van der Waals surface area (Å²) in [7, 11) is 0. The SMILES string of the molecule is O=C(NCCF)[C@]1(Cc2ccc(Br)cc2)N=C(c2ccc(OCCCO)cc2)O[C@@H]1c1ccc(Br)cc1. The smallest absolute Gasteiger partial charge is 0.252 e. The molecule has 0 bridgehead atoms. The Kier molecular flexibility index (Phi) is 9.34. The Balaban J connectivity index is 1.75. The van der Waals surface area contributed by atoms with Crippen LogP contribution in [0.1, 0.15) is 29.2 Å². The average molecular weight is 634 g/mol. The van der Waals surface area contributed by atoms with Crippen molar-refractivity contribution in [1.82, 2.24) is 5.32 Å². The first-order chi connectivity index (χ1) is 17.9. The standard InChI is InChI=1S/C28H27Br2FN2O4/c29-22-8-2-19(3-9-22)18-28(27(35)32-15-14-31)25(20-4-10-23(30)11-5-20)37-26(33-28)21-6-12-24(13-7-21)36-17-1-16-34/h2-13,25,34H,1,14-18H2,(H,32,35)/t25-,28-/m1/s1. The highest BCUT2D eigenvalue weighted by Crippen LogP contribution is 2.43. The highest BCUT2D eigenvalue weighted by atomic mass is 79.9. The summed E-state index contributed by atoms with van der Waals surface area (Å²) in [6, 6.07) is 22.5. The molecule has 3 aromatic rings. The first-order valence-corrected chi connectivity index (χ1v) is 13.5. The largest absolute Gasteiger partial charge is 0.494 e. The zero-order valence-electron chi connectivity index (χ0n) is 20.0. The van der Waals surface area contributed by atoms with Crippen LogP contribution in [0.5, 0.6) is 5.75 Å². The molecule has 1 aliphatic heterocycles. The van der Waals surface area contributed by atoms with Gasteiger partial charge in [0.05, 0.1) is 6.61 Å². The fraction of sp³-hybridized carbons (Fsp3) is 0.286. The number of aliphatic hydroxyl groups is 1. The van der Waals surface area contributed by atoms with Gasteiger partial charge in [-0.05, 0) is 59.7 Å². The number of rotatable bonds is 11. The van der Waals surface area contributed by atoms with Crippen molar-refractivity contribution < 1.29 is 23.8 Å². The van der Waals surface area contributed by atoms with Crippen molar-refractivity contribution in [2.45, 2.75) is 24.5 Å². The Morgan fingerprint density at radius 3 is 2.30 bits per heavy atom. The van der Waals surface area contributed by atoms with E-state index in [-0.39, 0.29) is 19.6 Å². The third-order valence-corrected chi connectivity index (χ3v) is 7.03. The summed E-state index contributed by atoms with van der Waals surface area (Å²) < 4.78 is 26.9. The lowest BCUT2D eigenvalue weighted by atomic mass is 9.82. The molecule has 4 rings (SSSR count). The van der Waals surface area contributed by atoms with Crippen LogP contribution in [0.4, 0.5) is 4.39 Å². The summed E-state index contributed by atoms with van der Waals surface area (Å²) in [5.74, 6) is 0.573. The number of hydrogen-bond donors (Lipinski definition) is 2. The molecule has 1 amide bonds. The van der Waals surface area contributed by atoms with Crippen molar-refractivity contribution in [2.75, 3.05) is 26.4 Å². The predicted octanol–water partition coefficient (Wildman–Crippen LogP) is 5.56. The van der Waals surface area contributed by atoms with Crippen molar-refractivity contribution in [3.63, 3.8) is 0 Å². The van der Waals surface area contributed by atoms with E-state index in [1.807, 2.05) is 60.7 Å². The maximum atomic E-state index is 13.7. The molecule has 0 unspecified atom stereocenters. The number of ether oxygens (including phenoxy) is 2. The van der Waals surface area contributed by atoms with Crippen LogP contribution >= 0.6 is 31.9 Å². The van der Waals surface area contributed by atoms with Crippen LogP contribution in [0.15, 0.2) is 86.7 Å². The van der Waals surface area contributed by atoms with Crippen LogP contribution in [-0.2, 0) is 16.0 Å². The molecule has 3 aromatic carbocycles. The molecule has 0 radical (unpaired) electrons. The van der Waals surface area contributed by atoms with Crippen molar-refractivity contribution >= 4 is 43.7 Å². The summed E-state index contributed by atoms with van der Waals surface area (Å²) in [4.78, 5) is 18.6. The molecule has 0 aromatic heterocycles. The fourth-order valence-corrected chi connectivity index (χ4v) is 4.68. The van der Waals surface area contributed by atoms with Crippen molar-refractivity contribution in [2.24, 2.45) is 4.99 Å². The predicted molar refractivity (Wildman–Crippen MR) is 148 cm³/mol. The molecule has 0 saturated heterocycles. The van der Waals surface area contributed by atoms with Gasteiger partial charge in [-0.1, -0.05) is 56.1 Å². The Morgan fingerprint density at radius 2 is 1.68 bits per heavy atom. The zero-order valence-corrected chi connectivity index (χ0v) is 23.2. The van der Waals surface area contributed by atoms with Gasteiger partial charge in [0.15, 0.2) is 11.6 Å². The topological polar surface area (TPSA) is 80.2 Å². The Labute approximate surface area is 232 Å². The van der Waals surface area contributed by atoms with Gasteiger partial charge in [0.2, 0.25) is 5.90 Å². The molecular weight excluding hydrogens is 607 g/mol. The molecule has 2 atom stereocenters. The summed E-state index contributed by atoms with van der Waals surface area (Å²) in [6.07, 6.45) is 0.0589. The second-order valence-corrected chi connectivity index (χ2v) is 10.4. The molecule has 2 N–H and O–H groups in total. The summed E-state index contributed by atoms with van der Waals surface area (Å²) in [5.41, 5.74) is 0.996. The molecule has 0 aliphatic carbocycles. The van der Waals surface area contributed by atoms with E-state index in [1.54, 1.807) is 12.1 Å². The number of benzene rings is 3. The highest BCUT2D eigenvalue weighted by molar-refractivity contribution is 9.10. The van der Waals surface area contributed by atoms with Crippen LogP contribution in [-0.4, -0.2) is 48.9 Å². The van der Waals surface area contributed by atoms with E-state index in [4.69, 9.17) is 19.6 Å². The Morgan fingerprint density at radius 1 is 1.03 bits per heavy atom. The number of aliphatic hydroxyl groups excluding tert-OH is 1. The summed E-state index contributed by atoms with van der Waals surface area (Å²) in [5, 5.41) is 11.7. The third-order valence-electron chi connectivity index (χ3n) is 5.97. The fourth-order valence-electron chi connectivity index (χ4n) is 4.15. The molecule has 0 saturated carbocycles. The second-order valence-electron chi connectivity index (χ2n) is 8.59. The number of aliphatic imine (C=N–C) groups is 1. The molecule has 9 heteroatoms. The lowest BCUT2D eigenvalue weighted by Gasteiger charge is -2.30. The van der Waals surface area contributed by atoms with Crippen molar-refractivity contribution in [1.29, 1.82) is 0 Å². The Bertz CT molecular complexity index is 1220. The van der Waals surface area contributed by atoms with Crippen molar-refractivity contribution in [3.05, 3.63) is 98.4 Å². The molecule has 194 valence electrons. The second kappa shape index (κ2) is 12.7. The molecule has 0 spiro atoms. The minimum absolute atomic E-state index is 0.0606. The van der Waals surface area contributed by atoms with Crippen LogP contribution in [0.2, 0.25) is 0 Å². The van der Waals surface area contributed by atoms with Gasteiger partial charge in [-0.2, -0.15) is 0 Å². The van der Waals surface area contributed by atoms with Gasteiger partial charge in [-0.3, -0.25) is 4.79 Å². The highest BCUT2D eigenvalue weighted by Gasteiger charge is 2.53. The third kappa shape index (κ3) is 6.58. The molecule has 1 aliphatic rings. The van der Waals surface area contributed by atoms with E-state index in [0.717, 1.165) is 20.1 Å². The maximum Gasteiger partial charge on any atom is 0.252 e. The normalized spacial score (nSPS) is 18.7. The molecule has 37 heavy (non-hydrogen) atoms. The summed E-state index contributed by atoms with van der Waals surface area (Å²) in [6.45, 7) is -0.327. The van der Waals surface area contributed by atoms with E-state index >= 15 is 0 Å². The quantitative estimate of drug-likeness (QED) is 0.271. The lowest BCUT2D eigenvalue weighted by Crippen LogP contribution is -2.50. The van der Waals surface area contributed by atoms with Crippen LogP contribution in [0, 0.1) is 0 Å². The van der Waals surface area contributed by atoms with Gasteiger partial charge in [0.1, 0.15) is 12.4 Å². The number of nitrogens with one attached hydrogen (secondary N) is 1. The summed E-state index contributed by atoms with van der Waals surface area (Å²) >= 11 is 6.92. The molecule has 1 heterocycles. The van der Waals surface area contributed by atoms with Crippen LogP contribution in [0.3, 0.4) is 0 Å². The van der Waals surface area contributed by atoms with Crippen LogP contribution in [0.25, 0.3) is 0 Å². The van der Waals surface area contributed by atoms with Crippen LogP contribution < -0.4 is 10.1 Å². The number of halogens is 3. The number of carbonyl (C=O) groups is 1.